The largest absolute Gasteiger partial charge is 0.441 e. The Kier molecular flexibility index (Phi) is 5.18. The normalized spacial score (nSPS) is 11.3. The number of fused-ring (bicyclic) bond motifs is 1. The quantitative estimate of drug-likeness (QED) is 0.407. The van der Waals surface area contributed by atoms with Gasteiger partial charge in [-0.15, -0.1) is 5.10 Å². The number of hydrogen-bond donors (Lipinski definition) is 1. The van der Waals surface area contributed by atoms with Gasteiger partial charge in [0.1, 0.15) is 5.76 Å². The highest BCUT2D eigenvalue weighted by molar-refractivity contribution is 6.03. The second-order valence-electron chi connectivity index (χ2n) is 8.06. The first-order valence-corrected chi connectivity index (χ1v) is 10.6. The van der Waals surface area contributed by atoms with Crippen molar-refractivity contribution < 1.29 is 9.21 Å². The molecule has 33 heavy (non-hydrogen) atoms. The fourth-order valence-electron chi connectivity index (χ4n) is 3.63. The van der Waals surface area contributed by atoms with Crippen LogP contribution < -0.4 is 5.32 Å². The third-order valence-electron chi connectivity index (χ3n) is 5.48. The summed E-state index contributed by atoms with van der Waals surface area (Å²) in [6.45, 7) is 5.93. The van der Waals surface area contributed by atoms with Gasteiger partial charge in [-0.25, -0.2) is 9.67 Å². The summed E-state index contributed by atoms with van der Waals surface area (Å²) >= 11 is 0. The second-order valence-corrected chi connectivity index (χ2v) is 8.06. The summed E-state index contributed by atoms with van der Waals surface area (Å²) in [6.07, 6.45) is 5.27. The lowest BCUT2D eigenvalue weighted by atomic mass is 10.1. The number of pyridine rings is 1. The zero-order valence-electron chi connectivity index (χ0n) is 18.5. The monoisotopic (exact) mass is 438 g/mol. The van der Waals surface area contributed by atoms with Crippen molar-refractivity contribution in [3.05, 3.63) is 84.3 Å². The number of hydrogen-bond acceptors (Lipinski definition) is 6. The summed E-state index contributed by atoms with van der Waals surface area (Å²) in [7, 11) is 0. The van der Waals surface area contributed by atoms with Crippen LogP contribution in [0.2, 0.25) is 0 Å². The van der Waals surface area contributed by atoms with Crippen LogP contribution in [0.15, 0.2) is 71.5 Å². The molecular weight excluding hydrogens is 416 g/mol. The number of carbonyl (C=O) groups is 1. The maximum absolute atomic E-state index is 12.9. The first-order valence-electron chi connectivity index (χ1n) is 10.6. The lowest BCUT2D eigenvalue weighted by molar-refractivity contribution is 0.102. The predicted octanol–water partition coefficient (Wildman–Crippen LogP) is 5.15. The van der Waals surface area contributed by atoms with E-state index in [1.165, 1.54) is 0 Å². The van der Waals surface area contributed by atoms with E-state index >= 15 is 0 Å². The molecule has 8 nitrogen and oxygen atoms in total. The summed E-state index contributed by atoms with van der Waals surface area (Å²) in [4.78, 5) is 21.4. The number of benzene rings is 2. The van der Waals surface area contributed by atoms with Crippen molar-refractivity contribution in [2.24, 2.45) is 0 Å². The van der Waals surface area contributed by atoms with E-state index in [0.29, 0.717) is 17.3 Å². The Morgan fingerprint density at radius 3 is 2.64 bits per heavy atom. The van der Waals surface area contributed by atoms with Gasteiger partial charge in [-0.2, -0.15) is 0 Å². The predicted molar refractivity (Wildman–Crippen MR) is 125 cm³/mol. The molecule has 0 radical (unpaired) electrons. The SMILES string of the molecule is Cc1c(C(=O)Nc2ccc(-c3ncc(C(C)C)o3)cc2)nnn1-c1cccc2cnccc12. The summed E-state index contributed by atoms with van der Waals surface area (Å²) in [5.74, 6) is 1.34. The van der Waals surface area contributed by atoms with Crippen molar-refractivity contribution in [3.63, 3.8) is 0 Å². The molecule has 0 aliphatic heterocycles. The van der Waals surface area contributed by atoms with Gasteiger partial charge in [0.05, 0.1) is 17.6 Å². The highest BCUT2D eigenvalue weighted by Gasteiger charge is 2.19. The number of nitrogens with zero attached hydrogens (tertiary/aromatic N) is 5. The summed E-state index contributed by atoms with van der Waals surface area (Å²) in [5.41, 5.74) is 3.24. The van der Waals surface area contributed by atoms with Crippen LogP contribution in [0, 0.1) is 6.92 Å². The van der Waals surface area contributed by atoms with Crippen LogP contribution in [-0.2, 0) is 0 Å². The number of carbonyl (C=O) groups excluding carboxylic acids is 1. The molecular formula is C25H22N6O2. The highest BCUT2D eigenvalue weighted by Crippen LogP contribution is 2.25. The van der Waals surface area contributed by atoms with E-state index in [0.717, 1.165) is 27.8 Å². The molecule has 0 aliphatic rings. The molecule has 5 rings (SSSR count). The lowest BCUT2D eigenvalue weighted by Gasteiger charge is -2.08. The maximum atomic E-state index is 12.9. The van der Waals surface area contributed by atoms with Crippen molar-refractivity contribution in [2.45, 2.75) is 26.7 Å². The average molecular weight is 438 g/mol. The molecule has 1 amide bonds. The number of nitrogens with one attached hydrogen (secondary N) is 1. The van der Waals surface area contributed by atoms with Gasteiger partial charge in [-0.05, 0) is 43.3 Å². The van der Waals surface area contributed by atoms with E-state index in [2.05, 4.69) is 39.4 Å². The Hall–Kier alpha value is -4.33. The summed E-state index contributed by atoms with van der Waals surface area (Å²) < 4.78 is 7.46. The molecule has 3 heterocycles. The van der Waals surface area contributed by atoms with Crippen LogP contribution in [0.5, 0.6) is 0 Å². The van der Waals surface area contributed by atoms with Crippen LogP contribution in [0.1, 0.15) is 41.7 Å². The van der Waals surface area contributed by atoms with Gasteiger partial charge < -0.3 is 9.73 Å². The lowest BCUT2D eigenvalue weighted by Crippen LogP contribution is -2.14. The first-order chi connectivity index (χ1) is 16.0. The van der Waals surface area contributed by atoms with Crippen LogP contribution in [0.25, 0.3) is 27.9 Å². The number of aromatic nitrogens is 5. The Morgan fingerprint density at radius 2 is 1.88 bits per heavy atom. The molecule has 5 aromatic rings. The Labute approximate surface area is 190 Å². The molecule has 0 atom stereocenters. The van der Waals surface area contributed by atoms with Gasteiger partial charge in [-0.1, -0.05) is 31.2 Å². The van der Waals surface area contributed by atoms with Crippen molar-refractivity contribution in [1.29, 1.82) is 0 Å². The van der Waals surface area contributed by atoms with Crippen molar-refractivity contribution in [2.75, 3.05) is 5.32 Å². The van der Waals surface area contributed by atoms with E-state index in [4.69, 9.17) is 4.42 Å². The average Bonchev–Trinajstić information content (AvgIpc) is 3.47. The van der Waals surface area contributed by atoms with E-state index < -0.39 is 0 Å². The molecule has 8 heteroatoms. The molecule has 0 bridgehead atoms. The maximum Gasteiger partial charge on any atom is 0.278 e. The van der Waals surface area contributed by atoms with Gasteiger partial charge >= 0.3 is 0 Å². The second kappa shape index (κ2) is 8.31. The molecule has 3 aromatic heterocycles. The number of rotatable bonds is 5. The smallest absolute Gasteiger partial charge is 0.278 e. The molecule has 0 saturated heterocycles. The third kappa shape index (κ3) is 3.87. The van der Waals surface area contributed by atoms with Crippen molar-refractivity contribution >= 4 is 22.4 Å². The standard InChI is InChI=1S/C25H22N6O2/c1-15(2)22-14-27-25(33-22)17-7-9-19(10-8-17)28-24(32)23-16(3)31(30-29-23)21-6-4-5-18-13-26-12-11-20(18)21/h4-15H,1-3H3,(H,28,32). The molecule has 2 aromatic carbocycles. The summed E-state index contributed by atoms with van der Waals surface area (Å²) in [5, 5.41) is 13.2. The van der Waals surface area contributed by atoms with Crippen LogP contribution in [0.4, 0.5) is 5.69 Å². The number of amides is 1. The molecule has 164 valence electrons. The van der Waals surface area contributed by atoms with E-state index in [1.54, 1.807) is 23.3 Å². The van der Waals surface area contributed by atoms with E-state index in [-0.39, 0.29) is 17.5 Å². The topological polar surface area (TPSA) is 98.7 Å². The first kappa shape index (κ1) is 20.6. The minimum absolute atomic E-state index is 0.263. The number of oxazole rings is 1. The van der Waals surface area contributed by atoms with Crippen LogP contribution in [-0.4, -0.2) is 30.9 Å². The Balaban J connectivity index is 1.37. The molecule has 0 unspecified atom stereocenters. The molecule has 0 spiro atoms. The molecule has 0 aliphatic carbocycles. The Bertz CT molecular complexity index is 1440. The van der Waals surface area contributed by atoms with Gasteiger partial charge in [0.2, 0.25) is 5.89 Å². The van der Waals surface area contributed by atoms with Crippen molar-refractivity contribution in [3.8, 4) is 17.1 Å². The number of anilines is 1. The minimum Gasteiger partial charge on any atom is -0.441 e. The summed E-state index contributed by atoms with van der Waals surface area (Å²) in [6, 6.07) is 15.1. The zero-order valence-corrected chi connectivity index (χ0v) is 18.5. The van der Waals surface area contributed by atoms with E-state index in [1.807, 2.05) is 55.5 Å². The van der Waals surface area contributed by atoms with Crippen LogP contribution in [0.3, 0.4) is 0 Å². The molecule has 1 N–H and O–H groups in total. The fraction of sp³-hybridized carbons (Fsp3) is 0.160. The van der Waals surface area contributed by atoms with Gasteiger partial charge in [0.25, 0.3) is 5.91 Å². The van der Waals surface area contributed by atoms with Crippen LogP contribution >= 0.6 is 0 Å². The van der Waals surface area contributed by atoms with Gasteiger partial charge in [0, 0.05) is 40.3 Å². The molecule has 0 saturated carbocycles. The fourth-order valence-corrected chi connectivity index (χ4v) is 3.63. The Morgan fingerprint density at radius 1 is 1.06 bits per heavy atom. The molecule has 0 fully saturated rings. The third-order valence-corrected chi connectivity index (χ3v) is 5.48. The highest BCUT2D eigenvalue weighted by atomic mass is 16.4. The van der Waals surface area contributed by atoms with Gasteiger partial charge in [0.15, 0.2) is 5.69 Å². The minimum atomic E-state index is -0.327. The van der Waals surface area contributed by atoms with E-state index in [9.17, 15) is 4.79 Å². The van der Waals surface area contributed by atoms with Gasteiger partial charge in [-0.3, -0.25) is 9.78 Å². The zero-order chi connectivity index (χ0) is 22.9. The van der Waals surface area contributed by atoms with Crippen molar-refractivity contribution in [1.82, 2.24) is 25.0 Å².